The molecule has 1 aromatic carbocycles. The molecule has 4 nitrogen and oxygen atoms in total. The van der Waals surface area contributed by atoms with E-state index in [4.69, 9.17) is 10.5 Å². The first kappa shape index (κ1) is 12.5. The zero-order valence-electron chi connectivity index (χ0n) is 10.7. The molecule has 2 rings (SSSR count). The Morgan fingerprint density at radius 1 is 1.28 bits per heavy atom. The summed E-state index contributed by atoms with van der Waals surface area (Å²) in [6.45, 7) is 4.95. The topological polar surface area (TPSA) is 61.0 Å². The van der Waals surface area contributed by atoms with Crippen molar-refractivity contribution in [3.63, 3.8) is 0 Å². The Morgan fingerprint density at radius 2 is 2.06 bits per heavy atom. The highest BCUT2D eigenvalue weighted by Crippen LogP contribution is 2.27. The Bertz CT molecular complexity index is 540. The first-order valence-corrected chi connectivity index (χ1v) is 6.01. The van der Waals surface area contributed by atoms with Gasteiger partial charge in [0.25, 0.3) is 0 Å². The summed E-state index contributed by atoms with van der Waals surface area (Å²) >= 11 is 0. The first-order valence-electron chi connectivity index (χ1n) is 6.01. The number of hydrogen-bond donors (Lipinski definition) is 1. The highest BCUT2D eigenvalue weighted by molar-refractivity contribution is 5.64. The minimum Gasteiger partial charge on any atom is -0.493 e. The average molecular weight is 243 g/mol. The van der Waals surface area contributed by atoms with Crippen LogP contribution in [-0.4, -0.2) is 16.6 Å². The Hall–Kier alpha value is -1.94. The number of hydrogen-bond acceptors (Lipinski definition) is 4. The number of aromatic nitrogens is 2. The quantitative estimate of drug-likeness (QED) is 0.895. The minimum atomic E-state index is 0.415. The van der Waals surface area contributed by atoms with E-state index in [1.165, 1.54) is 0 Å². The standard InChI is InChI=1S/C14H17N3O/c1-3-18-13-7-5-4-6-11(13)14-16-9-10(2)12(8-15)17-14/h4-7,9H,3,8,15H2,1-2H3. The van der Waals surface area contributed by atoms with Gasteiger partial charge in [-0.2, -0.15) is 0 Å². The van der Waals surface area contributed by atoms with Gasteiger partial charge in [-0.1, -0.05) is 12.1 Å². The second-order valence-corrected chi connectivity index (χ2v) is 3.96. The Kier molecular flexibility index (Phi) is 3.89. The van der Waals surface area contributed by atoms with E-state index >= 15 is 0 Å². The summed E-state index contributed by atoms with van der Waals surface area (Å²) in [5.74, 6) is 1.46. The van der Waals surface area contributed by atoms with E-state index in [9.17, 15) is 0 Å². The molecule has 0 aliphatic carbocycles. The maximum atomic E-state index is 5.67. The van der Waals surface area contributed by atoms with Crippen molar-refractivity contribution in [1.82, 2.24) is 9.97 Å². The predicted molar refractivity (Wildman–Crippen MR) is 71.3 cm³/mol. The number of rotatable bonds is 4. The fourth-order valence-electron chi connectivity index (χ4n) is 1.75. The number of para-hydroxylation sites is 1. The van der Waals surface area contributed by atoms with Crippen LogP contribution in [0.1, 0.15) is 18.2 Å². The van der Waals surface area contributed by atoms with Gasteiger partial charge in [-0.15, -0.1) is 0 Å². The van der Waals surface area contributed by atoms with Crippen LogP contribution in [0.4, 0.5) is 0 Å². The summed E-state index contributed by atoms with van der Waals surface area (Å²) in [4.78, 5) is 8.84. The first-order chi connectivity index (χ1) is 8.76. The molecule has 94 valence electrons. The Morgan fingerprint density at radius 3 is 2.78 bits per heavy atom. The predicted octanol–water partition coefficient (Wildman–Crippen LogP) is 2.31. The fourth-order valence-corrected chi connectivity index (χ4v) is 1.75. The molecule has 0 bridgehead atoms. The van der Waals surface area contributed by atoms with Crippen molar-refractivity contribution in [2.75, 3.05) is 6.61 Å². The van der Waals surface area contributed by atoms with Crippen LogP contribution in [0.15, 0.2) is 30.5 Å². The van der Waals surface area contributed by atoms with Crippen molar-refractivity contribution < 1.29 is 4.74 Å². The fraction of sp³-hybridized carbons (Fsp3) is 0.286. The molecule has 0 aliphatic heterocycles. The van der Waals surface area contributed by atoms with Crippen LogP contribution >= 0.6 is 0 Å². The van der Waals surface area contributed by atoms with E-state index in [0.29, 0.717) is 19.0 Å². The van der Waals surface area contributed by atoms with Crippen molar-refractivity contribution >= 4 is 0 Å². The molecule has 0 amide bonds. The summed E-state index contributed by atoms with van der Waals surface area (Å²) < 4.78 is 5.58. The van der Waals surface area contributed by atoms with Crippen LogP contribution in [0.2, 0.25) is 0 Å². The van der Waals surface area contributed by atoms with E-state index in [0.717, 1.165) is 22.6 Å². The molecule has 0 saturated heterocycles. The zero-order chi connectivity index (χ0) is 13.0. The van der Waals surface area contributed by atoms with E-state index in [-0.39, 0.29) is 0 Å². The number of nitrogens with zero attached hydrogens (tertiary/aromatic N) is 2. The molecule has 0 saturated carbocycles. The number of benzene rings is 1. The van der Waals surface area contributed by atoms with Gasteiger partial charge in [0.15, 0.2) is 5.82 Å². The van der Waals surface area contributed by atoms with Crippen molar-refractivity contribution in [2.45, 2.75) is 20.4 Å². The van der Waals surface area contributed by atoms with Gasteiger partial charge in [-0.05, 0) is 31.5 Å². The van der Waals surface area contributed by atoms with E-state index in [1.54, 1.807) is 6.20 Å². The minimum absolute atomic E-state index is 0.415. The third-order valence-electron chi connectivity index (χ3n) is 2.70. The molecule has 0 unspecified atom stereocenters. The van der Waals surface area contributed by atoms with Crippen LogP contribution in [-0.2, 0) is 6.54 Å². The summed E-state index contributed by atoms with van der Waals surface area (Å²) in [5.41, 5.74) is 8.45. The molecular formula is C14H17N3O. The number of ether oxygens (including phenoxy) is 1. The highest BCUT2D eigenvalue weighted by atomic mass is 16.5. The summed E-state index contributed by atoms with van der Waals surface area (Å²) in [6, 6.07) is 7.76. The van der Waals surface area contributed by atoms with E-state index in [2.05, 4.69) is 9.97 Å². The molecule has 2 aromatic rings. The van der Waals surface area contributed by atoms with Crippen molar-refractivity contribution in [2.24, 2.45) is 5.73 Å². The third kappa shape index (κ3) is 2.49. The lowest BCUT2D eigenvalue weighted by molar-refractivity contribution is 0.341. The molecule has 18 heavy (non-hydrogen) atoms. The molecule has 1 aromatic heterocycles. The lowest BCUT2D eigenvalue weighted by Gasteiger charge is -2.10. The molecule has 4 heteroatoms. The van der Waals surface area contributed by atoms with Crippen molar-refractivity contribution in [3.05, 3.63) is 41.7 Å². The SMILES string of the molecule is CCOc1ccccc1-c1ncc(C)c(CN)n1. The number of nitrogens with two attached hydrogens (primary N) is 1. The maximum absolute atomic E-state index is 5.67. The monoisotopic (exact) mass is 243 g/mol. The molecule has 2 N–H and O–H groups in total. The summed E-state index contributed by atoms with van der Waals surface area (Å²) in [7, 11) is 0. The molecule has 1 heterocycles. The van der Waals surface area contributed by atoms with E-state index < -0.39 is 0 Å². The van der Waals surface area contributed by atoms with Gasteiger partial charge in [0.05, 0.1) is 17.9 Å². The third-order valence-corrected chi connectivity index (χ3v) is 2.70. The Balaban J connectivity index is 2.48. The molecule has 0 spiro atoms. The van der Waals surface area contributed by atoms with Crippen LogP contribution in [0.25, 0.3) is 11.4 Å². The van der Waals surface area contributed by atoms with Gasteiger partial charge in [0, 0.05) is 12.7 Å². The number of aryl methyl sites for hydroxylation is 1. The molecular weight excluding hydrogens is 226 g/mol. The van der Waals surface area contributed by atoms with Gasteiger partial charge in [0.2, 0.25) is 0 Å². The highest BCUT2D eigenvalue weighted by Gasteiger charge is 2.09. The van der Waals surface area contributed by atoms with Gasteiger partial charge >= 0.3 is 0 Å². The Labute approximate surface area is 107 Å². The lowest BCUT2D eigenvalue weighted by Crippen LogP contribution is -2.05. The van der Waals surface area contributed by atoms with Crippen molar-refractivity contribution in [3.8, 4) is 17.1 Å². The largest absolute Gasteiger partial charge is 0.493 e. The lowest BCUT2D eigenvalue weighted by atomic mass is 10.1. The van der Waals surface area contributed by atoms with Crippen LogP contribution in [0.3, 0.4) is 0 Å². The molecule has 0 radical (unpaired) electrons. The van der Waals surface area contributed by atoms with Gasteiger partial charge in [-0.3, -0.25) is 0 Å². The van der Waals surface area contributed by atoms with Crippen LogP contribution in [0.5, 0.6) is 5.75 Å². The smallest absolute Gasteiger partial charge is 0.163 e. The normalized spacial score (nSPS) is 10.4. The maximum Gasteiger partial charge on any atom is 0.163 e. The molecule has 0 fully saturated rings. The van der Waals surface area contributed by atoms with E-state index in [1.807, 2.05) is 38.1 Å². The van der Waals surface area contributed by atoms with Crippen molar-refractivity contribution in [1.29, 1.82) is 0 Å². The second kappa shape index (κ2) is 5.60. The summed E-state index contributed by atoms with van der Waals surface area (Å²) in [5, 5.41) is 0. The zero-order valence-corrected chi connectivity index (χ0v) is 10.7. The van der Waals surface area contributed by atoms with Gasteiger partial charge in [-0.25, -0.2) is 9.97 Å². The molecule has 0 aliphatic rings. The molecule has 0 atom stereocenters. The van der Waals surface area contributed by atoms with Crippen LogP contribution in [0, 0.1) is 6.92 Å². The van der Waals surface area contributed by atoms with Gasteiger partial charge < -0.3 is 10.5 Å². The van der Waals surface area contributed by atoms with Gasteiger partial charge in [0.1, 0.15) is 5.75 Å². The average Bonchev–Trinajstić information content (AvgIpc) is 2.40. The summed E-state index contributed by atoms with van der Waals surface area (Å²) in [6.07, 6.45) is 1.80. The van der Waals surface area contributed by atoms with Crippen LogP contribution < -0.4 is 10.5 Å². The second-order valence-electron chi connectivity index (χ2n) is 3.96.